The average Bonchev–Trinajstić information content (AvgIpc) is 1.98. The summed E-state index contributed by atoms with van der Waals surface area (Å²) < 4.78 is 0. The van der Waals surface area contributed by atoms with E-state index in [0.717, 1.165) is 0 Å². The molecule has 0 amide bonds. The third kappa shape index (κ3) is 4.62. The number of rotatable bonds is 5. The molecule has 2 unspecified atom stereocenters. The van der Waals surface area contributed by atoms with Gasteiger partial charge in [-0.05, 0) is 5.92 Å². The van der Waals surface area contributed by atoms with Crippen molar-refractivity contribution in [2.45, 2.75) is 32.1 Å². The molecule has 12 heavy (non-hydrogen) atoms. The molecule has 0 saturated carbocycles. The molecule has 0 bridgehead atoms. The van der Waals surface area contributed by atoms with Gasteiger partial charge in [-0.2, -0.15) is 11.8 Å². The second-order valence-corrected chi connectivity index (χ2v) is 4.64. The van der Waals surface area contributed by atoms with E-state index in [1.165, 1.54) is 0 Å². The van der Waals surface area contributed by atoms with Crippen molar-refractivity contribution >= 4 is 17.7 Å². The van der Waals surface area contributed by atoms with Crippen LogP contribution in [0.25, 0.3) is 0 Å². The van der Waals surface area contributed by atoms with Gasteiger partial charge in [0, 0.05) is 11.0 Å². The van der Waals surface area contributed by atoms with Gasteiger partial charge in [0.05, 0.1) is 0 Å². The Balaban J connectivity index is 3.61. The van der Waals surface area contributed by atoms with Gasteiger partial charge in [0.25, 0.3) is 0 Å². The maximum Gasteiger partial charge on any atom is 0.321 e. The quantitative estimate of drug-likeness (QED) is 0.685. The Morgan fingerprint density at radius 2 is 2.00 bits per heavy atom. The SMILES string of the molecule is CC(C)C(C)SCC(N)C(=O)O. The van der Waals surface area contributed by atoms with Crippen molar-refractivity contribution in [1.82, 2.24) is 0 Å². The van der Waals surface area contributed by atoms with Gasteiger partial charge in [0.2, 0.25) is 0 Å². The number of hydrogen-bond acceptors (Lipinski definition) is 3. The second-order valence-electron chi connectivity index (χ2n) is 3.23. The number of carboxylic acid groups (broad SMARTS) is 1. The van der Waals surface area contributed by atoms with Gasteiger partial charge in [-0.1, -0.05) is 20.8 Å². The Bertz CT molecular complexity index is 150. The number of carbonyl (C=O) groups is 1. The van der Waals surface area contributed by atoms with Crippen molar-refractivity contribution in [1.29, 1.82) is 0 Å². The summed E-state index contributed by atoms with van der Waals surface area (Å²) >= 11 is 1.62. The van der Waals surface area contributed by atoms with Crippen LogP contribution in [0.15, 0.2) is 0 Å². The molecule has 3 N–H and O–H groups in total. The molecule has 0 heterocycles. The van der Waals surface area contributed by atoms with Crippen molar-refractivity contribution in [3.8, 4) is 0 Å². The van der Waals surface area contributed by atoms with Crippen LogP contribution in [0.5, 0.6) is 0 Å². The van der Waals surface area contributed by atoms with E-state index in [0.29, 0.717) is 16.9 Å². The maximum absolute atomic E-state index is 10.3. The summed E-state index contributed by atoms with van der Waals surface area (Å²) in [6, 6.07) is -0.726. The smallest absolute Gasteiger partial charge is 0.321 e. The lowest BCUT2D eigenvalue weighted by Gasteiger charge is -2.15. The lowest BCUT2D eigenvalue weighted by Crippen LogP contribution is -2.33. The van der Waals surface area contributed by atoms with Gasteiger partial charge in [0.15, 0.2) is 0 Å². The number of thioether (sulfide) groups is 1. The van der Waals surface area contributed by atoms with E-state index in [2.05, 4.69) is 20.8 Å². The van der Waals surface area contributed by atoms with E-state index in [4.69, 9.17) is 10.8 Å². The van der Waals surface area contributed by atoms with Crippen LogP contribution in [0.1, 0.15) is 20.8 Å². The van der Waals surface area contributed by atoms with Crippen molar-refractivity contribution in [2.24, 2.45) is 11.7 Å². The predicted molar refractivity (Wildman–Crippen MR) is 52.4 cm³/mol. The highest BCUT2D eigenvalue weighted by molar-refractivity contribution is 7.99. The molecule has 0 radical (unpaired) electrons. The topological polar surface area (TPSA) is 63.3 Å². The highest BCUT2D eigenvalue weighted by atomic mass is 32.2. The van der Waals surface area contributed by atoms with Crippen LogP contribution in [-0.4, -0.2) is 28.1 Å². The lowest BCUT2D eigenvalue weighted by molar-refractivity contribution is -0.137. The normalized spacial score (nSPS) is 16.1. The molecule has 0 spiro atoms. The second kappa shape index (κ2) is 5.43. The Hall–Kier alpha value is -0.220. The molecule has 0 fully saturated rings. The minimum Gasteiger partial charge on any atom is -0.480 e. The van der Waals surface area contributed by atoms with Crippen molar-refractivity contribution in [3.63, 3.8) is 0 Å². The molecule has 0 aromatic heterocycles. The summed E-state index contributed by atoms with van der Waals surface area (Å²) in [6.45, 7) is 6.32. The van der Waals surface area contributed by atoms with Crippen molar-refractivity contribution < 1.29 is 9.90 Å². The monoisotopic (exact) mass is 191 g/mol. The minimum absolute atomic E-state index is 0.468. The molecule has 72 valence electrons. The molecule has 0 aliphatic heterocycles. The molecule has 0 aliphatic carbocycles. The van der Waals surface area contributed by atoms with Crippen molar-refractivity contribution in [2.75, 3.05) is 5.75 Å². The number of hydrogen-bond donors (Lipinski definition) is 2. The zero-order chi connectivity index (χ0) is 9.72. The van der Waals surface area contributed by atoms with E-state index in [1.54, 1.807) is 11.8 Å². The number of aliphatic carboxylic acids is 1. The van der Waals surface area contributed by atoms with Crippen LogP contribution >= 0.6 is 11.8 Å². The van der Waals surface area contributed by atoms with Crippen LogP contribution in [0.2, 0.25) is 0 Å². The van der Waals surface area contributed by atoms with Crippen LogP contribution in [0.4, 0.5) is 0 Å². The number of nitrogens with two attached hydrogens (primary N) is 1. The van der Waals surface area contributed by atoms with Gasteiger partial charge in [0.1, 0.15) is 6.04 Å². The van der Waals surface area contributed by atoms with Gasteiger partial charge >= 0.3 is 5.97 Å². The largest absolute Gasteiger partial charge is 0.480 e. The zero-order valence-electron chi connectivity index (χ0n) is 7.78. The summed E-state index contributed by atoms with van der Waals surface area (Å²) in [4.78, 5) is 10.3. The molecule has 0 rings (SSSR count). The third-order valence-electron chi connectivity index (χ3n) is 1.79. The molecule has 0 aromatic carbocycles. The highest BCUT2D eigenvalue weighted by Crippen LogP contribution is 2.18. The fraction of sp³-hybridized carbons (Fsp3) is 0.875. The van der Waals surface area contributed by atoms with Crippen LogP contribution in [0.3, 0.4) is 0 Å². The molecular formula is C8H17NO2S. The predicted octanol–water partition coefficient (Wildman–Crippen LogP) is 1.18. The summed E-state index contributed by atoms with van der Waals surface area (Å²) in [6.07, 6.45) is 0. The van der Waals surface area contributed by atoms with Crippen LogP contribution in [-0.2, 0) is 4.79 Å². The van der Waals surface area contributed by atoms with E-state index in [-0.39, 0.29) is 0 Å². The van der Waals surface area contributed by atoms with Gasteiger partial charge in [-0.3, -0.25) is 4.79 Å². The Kier molecular flexibility index (Phi) is 5.33. The van der Waals surface area contributed by atoms with E-state index in [9.17, 15) is 4.79 Å². The van der Waals surface area contributed by atoms with Gasteiger partial charge in [-0.25, -0.2) is 0 Å². The molecule has 0 aromatic rings. The van der Waals surface area contributed by atoms with E-state index in [1.807, 2.05) is 0 Å². The first-order valence-electron chi connectivity index (χ1n) is 4.05. The zero-order valence-corrected chi connectivity index (χ0v) is 8.60. The third-order valence-corrected chi connectivity index (χ3v) is 3.42. The summed E-state index contributed by atoms with van der Waals surface area (Å²) in [5.41, 5.74) is 5.34. The fourth-order valence-corrected chi connectivity index (χ4v) is 1.56. The molecule has 0 aliphatic rings. The number of carboxylic acids is 1. The Morgan fingerprint density at radius 3 is 2.33 bits per heavy atom. The first-order chi connectivity index (χ1) is 5.45. The van der Waals surface area contributed by atoms with Crippen molar-refractivity contribution in [3.05, 3.63) is 0 Å². The summed E-state index contributed by atoms with van der Waals surface area (Å²) in [5, 5.41) is 8.96. The molecule has 4 heteroatoms. The first-order valence-corrected chi connectivity index (χ1v) is 5.10. The standard InChI is InChI=1S/C8H17NO2S/c1-5(2)6(3)12-4-7(9)8(10)11/h5-7H,4,9H2,1-3H3,(H,10,11). The molecule has 2 atom stereocenters. The van der Waals surface area contributed by atoms with Gasteiger partial charge in [-0.15, -0.1) is 0 Å². The fourth-order valence-electron chi connectivity index (χ4n) is 0.519. The molecule has 3 nitrogen and oxygen atoms in total. The summed E-state index contributed by atoms with van der Waals surface area (Å²) in [5.74, 6) is 0.142. The Labute approximate surface area is 77.7 Å². The highest BCUT2D eigenvalue weighted by Gasteiger charge is 2.14. The van der Waals surface area contributed by atoms with Crippen LogP contribution < -0.4 is 5.73 Å². The lowest BCUT2D eigenvalue weighted by atomic mass is 10.2. The molecular weight excluding hydrogens is 174 g/mol. The Morgan fingerprint density at radius 1 is 1.50 bits per heavy atom. The summed E-state index contributed by atoms with van der Waals surface area (Å²) in [7, 11) is 0. The molecule has 0 saturated heterocycles. The minimum atomic E-state index is -0.918. The van der Waals surface area contributed by atoms with E-state index >= 15 is 0 Å². The van der Waals surface area contributed by atoms with Gasteiger partial charge < -0.3 is 10.8 Å². The maximum atomic E-state index is 10.3. The average molecular weight is 191 g/mol. The van der Waals surface area contributed by atoms with E-state index < -0.39 is 12.0 Å². The van der Waals surface area contributed by atoms with Crippen LogP contribution in [0, 0.1) is 5.92 Å². The first kappa shape index (κ1) is 11.8.